The van der Waals surface area contributed by atoms with Gasteiger partial charge in [-0.05, 0) is 35.8 Å². The summed E-state index contributed by atoms with van der Waals surface area (Å²) in [6.07, 6.45) is 1.79. The van der Waals surface area contributed by atoms with Crippen LogP contribution in [0.3, 0.4) is 0 Å². The maximum Gasteiger partial charge on any atom is 0.408 e. The number of rotatable bonds is 15. The molecule has 1 heterocycles. The smallest absolute Gasteiger partial charge is 0.408 e. The number of amides is 3. The number of alkyl carbamates (subject to hydrolysis) is 1. The van der Waals surface area contributed by atoms with Crippen molar-refractivity contribution in [3.63, 3.8) is 0 Å². The first kappa shape index (κ1) is 32.5. The van der Waals surface area contributed by atoms with Gasteiger partial charge in [0.2, 0.25) is 17.6 Å². The van der Waals surface area contributed by atoms with Crippen LogP contribution in [0, 0.1) is 11.8 Å². The number of aromatic nitrogens is 1. The Morgan fingerprint density at radius 1 is 0.738 bits per heavy atom. The number of carbonyl (C=O) groups excluding carboxylic acids is 4. The summed E-state index contributed by atoms with van der Waals surface area (Å²) >= 11 is 1.21. The van der Waals surface area contributed by atoms with Gasteiger partial charge in [-0.15, -0.1) is 11.3 Å². The van der Waals surface area contributed by atoms with Crippen LogP contribution < -0.4 is 16.0 Å². The van der Waals surface area contributed by atoms with Crippen LogP contribution in [0.1, 0.15) is 61.5 Å². The number of nitrogens with zero attached hydrogens (tertiary/aromatic N) is 1. The van der Waals surface area contributed by atoms with Gasteiger partial charge in [-0.25, -0.2) is 9.78 Å². The van der Waals surface area contributed by atoms with Gasteiger partial charge in [0.1, 0.15) is 18.7 Å². The SMILES string of the molecule is CC(C)C[C@H](NC(=O)OCc1ccccc1)C(=O)N[C@@H](CC(C)C)C(=O)N[C@@H](Cc1ccccc1)C(=O)c1nccs1. The number of hydrogen-bond donors (Lipinski definition) is 3. The molecule has 0 fully saturated rings. The molecule has 0 bridgehead atoms. The highest BCUT2D eigenvalue weighted by Crippen LogP contribution is 2.14. The van der Waals surface area contributed by atoms with Gasteiger partial charge in [0.05, 0.1) is 6.04 Å². The molecule has 224 valence electrons. The highest BCUT2D eigenvalue weighted by Gasteiger charge is 2.31. The molecule has 42 heavy (non-hydrogen) atoms. The van der Waals surface area contributed by atoms with Crippen LogP contribution in [0.4, 0.5) is 4.79 Å². The first-order valence-corrected chi connectivity index (χ1v) is 15.1. The van der Waals surface area contributed by atoms with Crippen LogP contribution in [-0.2, 0) is 27.4 Å². The van der Waals surface area contributed by atoms with Crippen LogP contribution in [-0.4, -0.2) is 46.8 Å². The Hall–Kier alpha value is -4.05. The average Bonchev–Trinajstić information content (AvgIpc) is 3.50. The molecule has 3 aromatic rings. The molecule has 9 nitrogen and oxygen atoms in total. The maximum absolute atomic E-state index is 13.6. The van der Waals surface area contributed by atoms with E-state index in [1.807, 2.05) is 88.4 Å². The van der Waals surface area contributed by atoms with E-state index in [0.29, 0.717) is 17.8 Å². The summed E-state index contributed by atoms with van der Waals surface area (Å²) in [6.45, 7) is 7.83. The third kappa shape index (κ3) is 10.7. The van der Waals surface area contributed by atoms with Gasteiger partial charge < -0.3 is 20.7 Å². The molecule has 0 aliphatic heterocycles. The number of carbonyl (C=O) groups is 4. The van der Waals surface area contributed by atoms with Crippen LogP contribution in [0.25, 0.3) is 0 Å². The fourth-order valence-electron chi connectivity index (χ4n) is 4.41. The quantitative estimate of drug-likeness (QED) is 0.215. The second kappa shape index (κ2) is 16.4. The molecule has 3 N–H and O–H groups in total. The summed E-state index contributed by atoms with van der Waals surface area (Å²) in [7, 11) is 0. The second-order valence-electron chi connectivity index (χ2n) is 11.0. The van der Waals surface area contributed by atoms with E-state index in [1.54, 1.807) is 11.6 Å². The third-order valence-electron chi connectivity index (χ3n) is 6.43. The second-order valence-corrected chi connectivity index (χ2v) is 11.9. The molecular weight excluding hydrogens is 552 g/mol. The van der Waals surface area contributed by atoms with Gasteiger partial charge in [0.25, 0.3) is 0 Å². The maximum atomic E-state index is 13.6. The fourth-order valence-corrected chi connectivity index (χ4v) is 5.04. The van der Waals surface area contributed by atoms with Gasteiger partial charge in [0.15, 0.2) is 5.01 Å². The Morgan fingerprint density at radius 2 is 1.26 bits per heavy atom. The number of thiazole rings is 1. The molecule has 0 radical (unpaired) electrons. The molecule has 1 aromatic heterocycles. The monoisotopic (exact) mass is 592 g/mol. The van der Waals surface area contributed by atoms with E-state index >= 15 is 0 Å². The van der Waals surface area contributed by atoms with E-state index < -0.39 is 36.0 Å². The van der Waals surface area contributed by atoms with Crippen molar-refractivity contribution in [1.82, 2.24) is 20.9 Å². The predicted octanol–water partition coefficient (Wildman–Crippen LogP) is 4.93. The fraction of sp³-hybridized carbons (Fsp3) is 0.406. The Morgan fingerprint density at radius 3 is 1.79 bits per heavy atom. The minimum Gasteiger partial charge on any atom is -0.445 e. The lowest BCUT2D eigenvalue weighted by atomic mass is 9.98. The zero-order valence-electron chi connectivity index (χ0n) is 24.5. The van der Waals surface area contributed by atoms with E-state index in [-0.39, 0.29) is 30.6 Å². The molecule has 0 saturated carbocycles. The van der Waals surface area contributed by atoms with Crippen molar-refractivity contribution in [2.45, 2.75) is 71.7 Å². The first-order valence-electron chi connectivity index (χ1n) is 14.2. The molecule has 0 spiro atoms. The Bertz CT molecular complexity index is 1280. The number of ether oxygens (including phenoxy) is 1. The molecule has 0 aliphatic rings. The average molecular weight is 593 g/mol. The van der Waals surface area contributed by atoms with Crippen LogP contribution in [0.2, 0.25) is 0 Å². The number of Topliss-reactive ketones (excluding diaryl/α,β-unsaturated/α-hetero) is 1. The van der Waals surface area contributed by atoms with E-state index in [0.717, 1.165) is 11.1 Å². The lowest BCUT2D eigenvalue weighted by Gasteiger charge is -2.26. The van der Waals surface area contributed by atoms with Crippen molar-refractivity contribution in [2.75, 3.05) is 0 Å². The van der Waals surface area contributed by atoms with Crippen molar-refractivity contribution in [3.8, 4) is 0 Å². The van der Waals surface area contributed by atoms with E-state index in [9.17, 15) is 19.2 Å². The molecule has 10 heteroatoms. The zero-order valence-corrected chi connectivity index (χ0v) is 25.4. The summed E-state index contributed by atoms with van der Waals surface area (Å²) in [5, 5.41) is 10.4. The van der Waals surface area contributed by atoms with Crippen molar-refractivity contribution in [2.24, 2.45) is 11.8 Å². The topological polar surface area (TPSA) is 126 Å². The summed E-state index contributed by atoms with van der Waals surface area (Å²) in [5.41, 5.74) is 1.70. The van der Waals surface area contributed by atoms with Crippen LogP contribution >= 0.6 is 11.3 Å². The van der Waals surface area contributed by atoms with E-state index in [4.69, 9.17) is 4.74 Å². The minimum absolute atomic E-state index is 0.0654. The normalized spacial score (nSPS) is 13.2. The number of nitrogens with one attached hydrogen (secondary N) is 3. The molecule has 2 aromatic carbocycles. The molecule has 0 aliphatic carbocycles. The number of benzene rings is 2. The van der Waals surface area contributed by atoms with E-state index in [2.05, 4.69) is 20.9 Å². The molecule has 3 amide bonds. The Labute approximate surface area is 251 Å². The lowest BCUT2D eigenvalue weighted by molar-refractivity contribution is -0.130. The van der Waals surface area contributed by atoms with Gasteiger partial charge in [-0.2, -0.15) is 0 Å². The van der Waals surface area contributed by atoms with Crippen LogP contribution in [0.5, 0.6) is 0 Å². The van der Waals surface area contributed by atoms with Crippen molar-refractivity contribution < 1.29 is 23.9 Å². The summed E-state index contributed by atoms with van der Waals surface area (Å²) in [5.74, 6) is -1.11. The van der Waals surface area contributed by atoms with Crippen molar-refractivity contribution >= 4 is 35.0 Å². The summed E-state index contributed by atoms with van der Waals surface area (Å²) in [6, 6.07) is 16.0. The van der Waals surface area contributed by atoms with Crippen molar-refractivity contribution in [1.29, 1.82) is 0 Å². The Balaban J connectivity index is 1.72. The minimum atomic E-state index is -0.920. The van der Waals surface area contributed by atoms with Crippen LogP contribution in [0.15, 0.2) is 72.2 Å². The van der Waals surface area contributed by atoms with E-state index in [1.165, 1.54) is 11.3 Å². The molecule has 0 unspecified atom stereocenters. The highest BCUT2D eigenvalue weighted by molar-refractivity contribution is 7.11. The number of ketones is 1. The molecule has 0 saturated heterocycles. The van der Waals surface area contributed by atoms with Crippen molar-refractivity contribution in [3.05, 3.63) is 88.4 Å². The summed E-state index contributed by atoms with van der Waals surface area (Å²) in [4.78, 5) is 57.1. The predicted molar refractivity (Wildman–Crippen MR) is 163 cm³/mol. The number of hydrogen-bond acceptors (Lipinski definition) is 7. The largest absolute Gasteiger partial charge is 0.445 e. The van der Waals surface area contributed by atoms with Gasteiger partial charge in [-0.1, -0.05) is 88.4 Å². The van der Waals surface area contributed by atoms with Gasteiger partial charge in [-0.3, -0.25) is 14.4 Å². The zero-order chi connectivity index (χ0) is 30.5. The Kier molecular flexibility index (Phi) is 12.7. The first-order chi connectivity index (χ1) is 20.1. The van der Waals surface area contributed by atoms with Gasteiger partial charge in [0, 0.05) is 18.0 Å². The summed E-state index contributed by atoms with van der Waals surface area (Å²) < 4.78 is 5.33. The lowest BCUT2D eigenvalue weighted by Crippen LogP contribution is -2.56. The molecular formula is C32H40N4O5S. The van der Waals surface area contributed by atoms with Gasteiger partial charge >= 0.3 is 6.09 Å². The standard InChI is InChI=1S/C32H40N4O5S/c1-21(2)17-26(29(38)34-25(19-23-11-7-5-8-12-23)28(37)31-33-15-16-42-31)35-30(39)27(18-22(3)4)36-32(40)41-20-24-13-9-6-10-14-24/h5-16,21-22,25-27H,17-20H2,1-4H3,(H,34,38)(H,35,39)(H,36,40)/t25-,26-,27-/m0/s1. The molecule has 3 rings (SSSR count). The highest BCUT2D eigenvalue weighted by atomic mass is 32.1. The third-order valence-corrected chi connectivity index (χ3v) is 7.21. The molecule has 3 atom stereocenters.